The number of alkyl carbamates (subject to hydrolysis) is 1. The van der Waals surface area contributed by atoms with E-state index in [1.165, 1.54) is 0 Å². The molecule has 1 aliphatic heterocycles. The van der Waals surface area contributed by atoms with Crippen molar-refractivity contribution in [3.8, 4) is 0 Å². The second-order valence-electron chi connectivity index (χ2n) is 7.40. The number of carbonyl (C=O) groups excluding carboxylic acids is 1. The number of anilines is 3. The van der Waals surface area contributed by atoms with E-state index in [0.29, 0.717) is 24.3 Å². The van der Waals surface area contributed by atoms with Gasteiger partial charge in [-0.3, -0.25) is 9.89 Å². The standard InChI is InChI=1S/C18H22F3N7O4/c1-9-5-14(25-13-3-4-22-27-13)26-16(23-9)28-7-11(15(29)30)6-12(8-28)24-17(31)32-10(2)18(19,20)21/h3-5,10-12H,6-8H2,1-2H3,(H,24,31)(H,29,30)(H2,22,23,25,26,27)/t10-,11?,12?/m0/s1. The van der Waals surface area contributed by atoms with Gasteiger partial charge in [-0.25, -0.2) is 9.78 Å². The monoisotopic (exact) mass is 457 g/mol. The number of aryl methyl sites for hydroxylation is 1. The molecule has 1 saturated heterocycles. The molecular weight excluding hydrogens is 435 g/mol. The summed E-state index contributed by atoms with van der Waals surface area (Å²) in [6.45, 7) is 2.59. The predicted octanol–water partition coefficient (Wildman–Crippen LogP) is 2.21. The molecule has 1 aliphatic rings. The number of alkyl halides is 3. The van der Waals surface area contributed by atoms with Crippen LogP contribution in [-0.4, -0.2) is 68.7 Å². The molecule has 11 nitrogen and oxygen atoms in total. The highest BCUT2D eigenvalue weighted by Gasteiger charge is 2.40. The Hall–Kier alpha value is -3.58. The molecule has 0 aromatic carbocycles. The van der Waals surface area contributed by atoms with Crippen LogP contribution in [0.1, 0.15) is 19.0 Å². The molecule has 2 aromatic heterocycles. The second-order valence-corrected chi connectivity index (χ2v) is 7.40. The number of hydrogen-bond donors (Lipinski definition) is 4. The van der Waals surface area contributed by atoms with Gasteiger partial charge in [-0.2, -0.15) is 23.3 Å². The number of carboxylic acid groups (broad SMARTS) is 1. The van der Waals surface area contributed by atoms with Gasteiger partial charge in [0.25, 0.3) is 0 Å². The van der Waals surface area contributed by atoms with Gasteiger partial charge >= 0.3 is 18.2 Å². The van der Waals surface area contributed by atoms with Crippen molar-refractivity contribution >= 4 is 29.6 Å². The number of rotatable bonds is 6. The summed E-state index contributed by atoms with van der Waals surface area (Å²) in [4.78, 5) is 33.8. The van der Waals surface area contributed by atoms with Crippen LogP contribution in [0.3, 0.4) is 0 Å². The van der Waals surface area contributed by atoms with E-state index in [4.69, 9.17) is 0 Å². The zero-order chi connectivity index (χ0) is 23.5. The van der Waals surface area contributed by atoms with Gasteiger partial charge in [-0.05, 0) is 20.3 Å². The van der Waals surface area contributed by atoms with Gasteiger partial charge in [0.2, 0.25) is 5.95 Å². The largest absolute Gasteiger partial charge is 0.481 e. The Balaban J connectivity index is 1.75. The summed E-state index contributed by atoms with van der Waals surface area (Å²) in [5.74, 6) is -0.791. The molecule has 32 heavy (non-hydrogen) atoms. The zero-order valence-corrected chi connectivity index (χ0v) is 17.2. The van der Waals surface area contributed by atoms with Crippen molar-refractivity contribution in [3.05, 3.63) is 24.0 Å². The Morgan fingerprint density at radius 1 is 1.34 bits per heavy atom. The molecule has 3 rings (SSSR count). The van der Waals surface area contributed by atoms with E-state index in [-0.39, 0.29) is 25.5 Å². The number of piperidine rings is 1. The van der Waals surface area contributed by atoms with Crippen LogP contribution in [0.2, 0.25) is 0 Å². The van der Waals surface area contributed by atoms with Gasteiger partial charge < -0.3 is 25.4 Å². The van der Waals surface area contributed by atoms with E-state index in [1.807, 2.05) is 0 Å². The van der Waals surface area contributed by atoms with Crippen molar-refractivity contribution in [2.75, 3.05) is 23.3 Å². The molecule has 2 unspecified atom stereocenters. The van der Waals surface area contributed by atoms with E-state index >= 15 is 0 Å². The minimum Gasteiger partial charge on any atom is -0.481 e. The van der Waals surface area contributed by atoms with E-state index in [2.05, 4.69) is 35.5 Å². The number of aliphatic carboxylic acids is 1. The third-order valence-corrected chi connectivity index (χ3v) is 4.76. The molecule has 3 atom stereocenters. The fraction of sp³-hybridized carbons (Fsp3) is 0.500. The van der Waals surface area contributed by atoms with Crippen LogP contribution in [0, 0.1) is 12.8 Å². The van der Waals surface area contributed by atoms with Crippen LogP contribution in [0.4, 0.5) is 35.5 Å². The number of nitrogens with one attached hydrogen (secondary N) is 3. The lowest BCUT2D eigenvalue weighted by atomic mass is 9.94. The molecule has 0 aliphatic carbocycles. The lowest BCUT2D eigenvalue weighted by Gasteiger charge is -2.36. The summed E-state index contributed by atoms with van der Waals surface area (Å²) in [6.07, 6.45) is -6.71. The maximum absolute atomic E-state index is 12.6. The summed E-state index contributed by atoms with van der Waals surface area (Å²) < 4.78 is 42.3. The summed E-state index contributed by atoms with van der Waals surface area (Å²) in [5.41, 5.74) is 0.595. The first-order valence-corrected chi connectivity index (χ1v) is 9.65. The van der Waals surface area contributed by atoms with Crippen LogP contribution in [0.5, 0.6) is 0 Å². The van der Waals surface area contributed by atoms with Gasteiger partial charge in [-0.15, -0.1) is 0 Å². The highest BCUT2D eigenvalue weighted by molar-refractivity contribution is 5.72. The molecule has 0 saturated carbocycles. The number of carboxylic acids is 1. The maximum atomic E-state index is 12.6. The number of nitrogens with zero attached hydrogens (tertiary/aromatic N) is 4. The van der Waals surface area contributed by atoms with Crippen molar-refractivity contribution < 1.29 is 32.6 Å². The summed E-state index contributed by atoms with van der Waals surface area (Å²) in [7, 11) is 0. The molecule has 1 amide bonds. The smallest absolute Gasteiger partial charge is 0.425 e. The molecule has 0 bridgehead atoms. The number of carbonyl (C=O) groups is 2. The number of amides is 1. The van der Waals surface area contributed by atoms with Gasteiger partial charge in [0.1, 0.15) is 11.6 Å². The van der Waals surface area contributed by atoms with Crippen molar-refractivity contribution in [2.45, 2.75) is 38.6 Å². The minimum absolute atomic E-state index is 0.0202. The highest BCUT2D eigenvalue weighted by Crippen LogP contribution is 2.25. The van der Waals surface area contributed by atoms with E-state index in [9.17, 15) is 27.9 Å². The molecule has 0 radical (unpaired) electrons. The molecule has 0 spiro atoms. The Morgan fingerprint density at radius 2 is 2.09 bits per heavy atom. The molecule has 174 valence electrons. The predicted molar refractivity (Wildman–Crippen MR) is 106 cm³/mol. The third-order valence-electron chi connectivity index (χ3n) is 4.76. The average Bonchev–Trinajstić information content (AvgIpc) is 3.19. The van der Waals surface area contributed by atoms with Crippen LogP contribution in [0.15, 0.2) is 18.3 Å². The van der Waals surface area contributed by atoms with Crippen LogP contribution >= 0.6 is 0 Å². The SMILES string of the molecule is Cc1cc(Nc2ccn[nH]2)nc(N2CC(NC(=O)O[C@@H](C)C(F)(F)F)CC(C(=O)O)C2)n1. The Morgan fingerprint density at radius 3 is 2.72 bits per heavy atom. The fourth-order valence-electron chi connectivity index (χ4n) is 3.20. The highest BCUT2D eigenvalue weighted by atomic mass is 19.4. The lowest BCUT2D eigenvalue weighted by Crippen LogP contribution is -2.53. The quantitative estimate of drug-likeness (QED) is 0.513. The van der Waals surface area contributed by atoms with E-state index < -0.39 is 36.3 Å². The fourth-order valence-corrected chi connectivity index (χ4v) is 3.20. The molecule has 2 aromatic rings. The summed E-state index contributed by atoms with van der Waals surface area (Å²) >= 11 is 0. The average molecular weight is 457 g/mol. The molecule has 1 fully saturated rings. The van der Waals surface area contributed by atoms with Crippen LogP contribution < -0.4 is 15.5 Å². The van der Waals surface area contributed by atoms with Gasteiger partial charge in [0.15, 0.2) is 6.10 Å². The van der Waals surface area contributed by atoms with E-state index in [1.54, 1.807) is 30.2 Å². The van der Waals surface area contributed by atoms with E-state index in [0.717, 1.165) is 0 Å². The van der Waals surface area contributed by atoms with Gasteiger partial charge in [-0.1, -0.05) is 0 Å². The first-order chi connectivity index (χ1) is 15.0. The third kappa shape index (κ3) is 5.98. The second kappa shape index (κ2) is 9.28. The minimum atomic E-state index is -4.70. The Bertz CT molecular complexity index is 955. The van der Waals surface area contributed by atoms with Crippen molar-refractivity contribution in [1.82, 2.24) is 25.5 Å². The van der Waals surface area contributed by atoms with Crippen LogP contribution in [-0.2, 0) is 9.53 Å². The number of H-pyrrole nitrogens is 1. The zero-order valence-electron chi connectivity index (χ0n) is 17.2. The lowest BCUT2D eigenvalue weighted by molar-refractivity contribution is -0.197. The summed E-state index contributed by atoms with van der Waals surface area (Å²) in [6, 6.07) is 2.58. The maximum Gasteiger partial charge on any atom is 0.425 e. The topological polar surface area (TPSA) is 145 Å². The molecule has 14 heteroatoms. The molecule has 3 heterocycles. The number of aromatic amines is 1. The first kappa shape index (κ1) is 23.1. The van der Waals surface area contributed by atoms with Gasteiger partial charge in [0.05, 0.1) is 18.2 Å². The van der Waals surface area contributed by atoms with Crippen molar-refractivity contribution in [3.63, 3.8) is 0 Å². The summed E-state index contributed by atoms with van der Waals surface area (Å²) in [5, 5.41) is 21.4. The number of halogens is 3. The number of ether oxygens (including phenoxy) is 1. The molecule has 4 N–H and O–H groups in total. The normalized spacial score (nSPS) is 19.8. The Kier molecular flexibility index (Phi) is 6.69. The van der Waals surface area contributed by atoms with Gasteiger partial charge in [0, 0.05) is 30.9 Å². The van der Waals surface area contributed by atoms with Crippen molar-refractivity contribution in [2.24, 2.45) is 5.92 Å². The Labute approximate surface area is 180 Å². The first-order valence-electron chi connectivity index (χ1n) is 9.65. The van der Waals surface area contributed by atoms with Crippen LogP contribution in [0.25, 0.3) is 0 Å². The van der Waals surface area contributed by atoms with Crippen molar-refractivity contribution in [1.29, 1.82) is 0 Å². The number of hydrogen-bond acceptors (Lipinski definition) is 8. The molecular formula is C18H22F3N7O4. The number of aromatic nitrogens is 4.